The topological polar surface area (TPSA) is 92.8 Å². The predicted octanol–water partition coefficient (Wildman–Crippen LogP) is 1.38. The number of nitriles is 2. The summed E-state index contributed by atoms with van der Waals surface area (Å²) in [6, 6.07) is 5.31. The van der Waals surface area contributed by atoms with Gasteiger partial charge in [0, 0.05) is 17.7 Å². The van der Waals surface area contributed by atoms with Crippen LogP contribution < -0.4 is 5.32 Å². The molecule has 0 aliphatic heterocycles. The molecular weight excluding hydrogens is 298 g/mol. The number of carbonyl (C=O) groups excluding carboxylic acids is 1. The highest BCUT2D eigenvalue weighted by atomic mass is 79.9. The van der Waals surface area contributed by atoms with Crippen LogP contribution >= 0.6 is 15.9 Å². The van der Waals surface area contributed by atoms with Gasteiger partial charge >= 0.3 is 0 Å². The first-order valence-corrected chi connectivity index (χ1v) is 5.79. The lowest BCUT2D eigenvalue weighted by molar-refractivity contribution is 0.0795. The number of carbonyl (C=O) groups is 1. The summed E-state index contributed by atoms with van der Waals surface area (Å²) in [5.41, 5.74) is 0.317. The highest BCUT2D eigenvalue weighted by Gasteiger charge is 2.19. The molecule has 6 nitrogen and oxygen atoms in total. The van der Waals surface area contributed by atoms with Crippen molar-refractivity contribution in [2.45, 2.75) is 0 Å². The molecule has 92 valence electrons. The minimum absolute atomic E-state index is 0.137. The van der Waals surface area contributed by atoms with E-state index in [9.17, 15) is 4.79 Å². The van der Waals surface area contributed by atoms with Gasteiger partial charge in [-0.1, -0.05) is 0 Å². The van der Waals surface area contributed by atoms with Crippen LogP contribution in [0.5, 0.6) is 0 Å². The van der Waals surface area contributed by atoms with Gasteiger partial charge in [-0.3, -0.25) is 4.79 Å². The zero-order valence-corrected chi connectivity index (χ0v) is 11.2. The summed E-state index contributed by atoms with van der Waals surface area (Å²) in [7, 11) is 1.64. The van der Waals surface area contributed by atoms with Crippen molar-refractivity contribution in [3.05, 3.63) is 22.3 Å². The second-order valence-corrected chi connectivity index (χ2v) is 4.19. The number of hydrogen-bond acceptors (Lipinski definition) is 5. The zero-order valence-electron chi connectivity index (χ0n) is 9.64. The van der Waals surface area contributed by atoms with Crippen molar-refractivity contribution in [2.24, 2.45) is 0 Å². The number of anilines is 1. The highest BCUT2D eigenvalue weighted by molar-refractivity contribution is 9.10. The number of amides is 1. The second kappa shape index (κ2) is 6.58. The largest absolute Gasteiger partial charge is 0.372 e. The molecule has 0 unspecified atom stereocenters. The fraction of sp³-hybridized carbons (Fsp3) is 0.273. The molecule has 1 amide bonds. The normalized spacial score (nSPS) is 9.11. The van der Waals surface area contributed by atoms with Crippen LogP contribution in [0.1, 0.15) is 10.4 Å². The Labute approximate surface area is 113 Å². The Hall–Kier alpha value is -2.12. The fourth-order valence-electron chi connectivity index (χ4n) is 1.34. The molecule has 0 aliphatic carbocycles. The Morgan fingerprint density at radius 3 is 2.61 bits per heavy atom. The van der Waals surface area contributed by atoms with E-state index in [4.69, 9.17) is 10.5 Å². The summed E-state index contributed by atoms with van der Waals surface area (Å²) in [6.07, 6.45) is 1.56. The average molecular weight is 308 g/mol. The van der Waals surface area contributed by atoms with E-state index in [-0.39, 0.29) is 13.1 Å². The molecule has 0 saturated heterocycles. The van der Waals surface area contributed by atoms with Crippen LogP contribution in [0.2, 0.25) is 0 Å². The quantitative estimate of drug-likeness (QED) is 0.848. The predicted molar refractivity (Wildman–Crippen MR) is 68.6 cm³/mol. The first kappa shape index (κ1) is 13.9. The fourth-order valence-corrected chi connectivity index (χ4v) is 1.67. The van der Waals surface area contributed by atoms with E-state index in [1.807, 2.05) is 12.1 Å². The van der Waals surface area contributed by atoms with Crippen molar-refractivity contribution >= 4 is 27.7 Å². The number of aromatic nitrogens is 1. The Kier molecular flexibility index (Phi) is 5.09. The van der Waals surface area contributed by atoms with Gasteiger partial charge in [0.15, 0.2) is 0 Å². The van der Waals surface area contributed by atoms with Crippen molar-refractivity contribution in [1.82, 2.24) is 9.88 Å². The van der Waals surface area contributed by atoms with E-state index in [1.54, 1.807) is 19.3 Å². The number of halogens is 1. The molecule has 1 heterocycles. The number of hydrogen-bond donors (Lipinski definition) is 1. The third-order valence-corrected chi connectivity index (χ3v) is 2.57. The lowest BCUT2D eigenvalue weighted by Gasteiger charge is -2.17. The smallest absolute Gasteiger partial charge is 0.259 e. The summed E-state index contributed by atoms with van der Waals surface area (Å²) >= 11 is 3.23. The Morgan fingerprint density at radius 1 is 1.50 bits per heavy atom. The maximum atomic E-state index is 12.2. The van der Waals surface area contributed by atoms with Gasteiger partial charge in [-0.05, 0) is 22.0 Å². The molecule has 1 aromatic rings. The minimum Gasteiger partial charge on any atom is -0.372 e. The van der Waals surface area contributed by atoms with Gasteiger partial charge in [0.05, 0.1) is 17.7 Å². The van der Waals surface area contributed by atoms with Gasteiger partial charge in [0.25, 0.3) is 5.91 Å². The van der Waals surface area contributed by atoms with Crippen LogP contribution in [-0.4, -0.2) is 35.9 Å². The first-order chi connectivity index (χ1) is 8.63. The molecule has 18 heavy (non-hydrogen) atoms. The summed E-state index contributed by atoms with van der Waals surface area (Å²) in [6.45, 7) is -0.274. The molecule has 0 atom stereocenters. The van der Waals surface area contributed by atoms with E-state index in [1.165, 1.54) is 0 Å². The van der Waals surface area contributed by atoms with Gasteiger partial charge in [0.2, 0.25) is 0 Å². The molecule has 1 aromatic heterocycles. The third-order valence-electron chi connectivity index (χ3n) is 2.13. The SMILES string of the molecule is CNc1ncc(Br)cc1C(=O)N(CC#N)CC#N. The summed E-state index contributed by atoms with van der Waals surface area (Å²) in [4.78, 5) is 17.4. The molecule has 0 spiro atoms. The van der Waals surface area contributed by atoms with E-state index < -0.39 is 5.91 Å². The Balaban J connectivity index is 3.12. The van der Waals surface area contributed by atoms with E-state index in [0.717, 1.165) is 4.90 Å². The average Bonchev–Trinajstić information content (AvgIpc) is 2.37. The van der Waals surface area contributed by atoms with Gasteiger partial charge in [-0.25, -0.2) is 4.98 Å². The van der Waals surface area contributed by atoms with Crippen LogP contribution in [0.3, 0.4) is 0 Å². The van der Waals surface area contributed by atoms with Crippen LogP contribution in [0.15, 0.2) is 16.7 Å². The van der Waals surface area contributed by atoms with Gasteiger partial charge < -0.3 is 10.2 Å². The molecule has 0 fully saturated rings. The van der Waals surface area contributed by atoms with Gasteiger partial charge in [-0.2, -0.15) is 10.5 Å². The molecular formula is C11H10BrN5O. The Morgan fingerprint density at radius 2 is 2.11 bits per heavy atom. The van der Waals surface area contributed by atoms with Crippen LogP contribution in [0.25, 0.3) is 0 Å². The highest BCUT2D eigenvalue weighted by Crippen LogP contribution is 2.19. The number of pyridine rings is 1. The van der Waals surface area contributed by atoms with Crippen LogP contribution in [0.4, 0.5) is 5.82 Å². The van der Waals surface area contributed by atoms with E-state index in [0.29, 0.717) is 15.9 Å². The van der Waals surface area contributed by atoms with Crippen molar-refractivity contribution in [2.75, 3.05) is 25.5 Å². The first-order valence-electron chi connectivity index (χ1n) is 5.00. The monoisotopic (exact) mass is 307 g/mol. The molecule has 0 aromatic carbocycles. The second-order valence-electron chi connectivity index (χ2n) is 3.28. The van der Waals surface area contributed by atoms with E-state index >= 15 is 0 Å². The summed E-state index contributed by atoms with van der Waals surface area (Å²) < 4.78 is 0.652. The van der Waals surface area contributed by atoms with Gasteiger partial charge in [-0.15, -0.1) is 0 Å². The minimum atomic E-state index is -0.406. The molecule has 1 rings (SSSR count). The van der Waals surface area contributed by atoms with Crippen LogP contribution in [-0.2, 0) is 0 Å². The third kappa shape index (κ3) is 3.19. The lowest BCUT2D eigenvalue weighted by atomic mass is 10.2. The van der Waals surface area contributed by atoms with Crippen molar-refractivity contribution in [3.63, 3.8) is 0 Å². The van der Waals surface area contributed by atoms with Gasteiger partial charge in [0.1, 0.15) is 18.9 Å². The molecule has 0 aliphatic rings. The van der Waals surface area contributed by atoms with Crippen LogP contribution in [0, 0.1) is 22.7 Å². The number of nitrogens with one attached hydrogen (secondary N) is 1. The molecule has 0 bridgehead atoms. The number of rotatable bonds is 4. The van der Waals surface area contributed by atoms with Crippen molar-refractivity contribution < 1.29 is 4.79 Å². The molecule has 0 radical (unpaired) electrons. The standard InChI is InChI=1S/C11H10BrN5O/c1-15-10-9(6-8(12)7-16-10)11(18)17(4-2-13)5-3-14/h6-7H,4-5H2,1H3,(H,15,16). The van der Waals surface area contributed by atoms with E-state index in [2.05, 4.69) is 26.2 Å². The molecule has 7 heteroatoms. The lowest BCUT2D eigenvalue weighted by Crippen LogP contribution is -2.32. The van der Waals surface area contributed by atoms with Crippen molar-refractivity contribution in [1.29, 1.82) is 10.5 Å². The van der Waals surface area contributed by atoms with Crippen molar-refractivity contribution in [3.8, 4) is 12.1 Å². The zero-order chi connectivity index (χ0) is 13.5. The Bertz CT molecular complexity index is 515. The maximum absolute atomic E-state index is 12.2. The molecule has 1 N–H and O–H groups in total. The summed E-state index contributed by atoms with van der Waals surface area (Å²) in [5.74, 6) is 0.000305. The molecule has 0 saturated carbocycles. The maximum Gasteiger partial charge on any atom is 0.259 e. The number of nitrogens with zero attached hydrogens (tertiary/aromatic N) is 4. The summed E-state index contributed by atoms with van der Waals surface area (Å²) in [5, 5.41) is 20.1.